The highest BCUT2D eigenvalue weighted by Gasteiger charge is 2.03. The molecule has 0 saturated carbocycles. The van der Waals surface area contributed by atoms with Crippen LogP contribution in [0.25, 0.3) is 11.1 Å². The maximum Gasteiger partial charge on any atom is 0.0423 e. The van der Waals surface area contributed by atoms with Crippen LogP contribution in [0.15, 0.2) is 42.5 Å². The normalized spacial score (nSPS) is 10.3. The summed E-state index contributed by atoms with van der Waals surface area (Å²) in [6.07, 6.45) is 0. The van der Waals surface area contributed by atoms with Gasteiger partial charge in [-0.3, -0.25) is 0 Å². The summed E-state index contributed by atoms with van der Waals surface area (Å²) in [7, 11) is 0. The highest BCUT2D eigenvalue weighted by molar-refractivity contribution is 5.78. The fourth-order valence-electron chi connectivity index (χ4n) is 1.67. The van der Waals surface area contributed by atoms with Crippen LogP contribution in [0.1, 0.15) is 11.1 Å². The summed E-state index contributed by atoms with van der Waals surface area (Å²) >= 11 is 0. The van der Waals surface area contributed by atoms with Crippen molar-refractivity contribution in [2.24, 2.45) is 0 Å². The summed E-state index contributed by atoms with van der Waals surface area (Å²) in [5, 5.41) is 0. The summed E-state index contributed by atoms with van der Waals surface area (Å²) in [5.41, 5.74) is 11.6. The maximum absolute atomic E-state index is 6.05. The molecule has 2 aromatic rings. The van der Waals surface area contributed by atoms with Crippen molar-refractivity contribution in [2.45, 2.75) is 13.8 Å². The van der Waals surface area contributed by atoms with Crippen molar-refractivity contribution in [1.82, 2.24) is 0 Å². The van der Waals surface area contributed by atoms with Crippen molar-refractivity contribution in [3.8, 4) is 11.1 Å². The van der Waals surface area contributed by atoms with Gasteiger partial charge in [-0.1, -0.05) is 48.0 Å². The number of nitrogen functional groups attached to an aromatic ring is 1. The lowest BCUT2D eigenvalue weighted by Crippen LogP contribution is -1.93. The number of rotatable bonds is 1. The van der Waals surface area contributed by atoms with Crippen molar-refractivity contribution < 1.29 is 0 Å². The van der Waals surface area contributed by atoms with Gasteiger partial charge in [0.25, 0.3) is 0 Å². The Balaban J connectivity index is 2.54. The standard InChI is InChI=1S/C14H15N/c1-10-6-8-12(9-7-10)13-5-3-4-11(2)14(13)15/h3-9H,15H2,1-2H3. The van der Waals surface area contributed by atoms with Crippen LogP contribution in [0.5, 0.6) is 0 Å². The first-order valence-corrected chi connectivity index (χ1v) is 5.10. The summed E-state index contributed by atoms with van der Waals surface area (Å²) in [6, 6.07) is 14.6. The molecule has 76 valence electrons. The lowest BCUT2D eigenvalue weighted by atomic mass is 10.0. The predicted octanol–water partition coefficient (Wildman–Crippen LogP) is 3.55. The van der Waals surface area contributed by atoms with Gasteiger partial charge in [0, 0.05) is 11.3 Å². The minimum absolute atomic E-state index is 0.876. The van der Waals surface area contributed by atoms with Crippen LogP contribution in [0, 0.1) is 13.8 Å². The van der Waals surface area contributed by atoms with Crippen molar-refractivity contribution in [3.63, 3.8) is 0 Å². The highest BCUT2D eigenvalue weighted by Crippen LogP contribution is 2.28. The molecule has 15 heavy (non-hydrogen) atoms. The van der Waals surface area contributed by atoms with Gasteiger partial charge in [0.15, 0.2) is 0 Å². The van der Waals surface area contributed by atoms with Crippen molar-refractivity contribution >= 4 is 5.69 Å². The molecule has 0 unspecified atom stereocenters. The van der Waals surface area contributed by atoms with Gasteiger partial charge in [-0.15, -0.1) is 0 Å². The number of hydrogen-bond donors (Lipinski definition) is 1. The first-order valence-electron chi connectivity index (χ1n) is 5.10. The molecule has 0 bridgehead atoms. The molecule has 1 nitrogen and oxygen atoms in total. The molecule has 2 aromatic carbocycles. The summed E-state index contributed by atoms with van der Waals surface area (Å²) in [6.45, 7) is 4.12. The molecular weight excluding hydrogens is 182 g/mol. The predicted molar refractivity (Wildman–Crippen MR) is 65.8 cm³/mol. The molecule has 2 rings (SSSR count). The number of hydrogen-bond acceptors (Lipinski definition) is 1. The van der Waals surface area contributed by atoms with Crippen LogP contribution in [0.2, 0.25) is 0 Å². The maximum atomic E-state index is 6.05. The fourth-order valence-corrected chi connectivity index (χ4v) is 1.67. The molecular formula is C14H15N. The van der Waals surface area contributed by atoms with E-state index in [4.69, 9.17) is 5.73 Å². The monoisotopic (exact) mass is 197 g/mol. The Morgan fingerprint density at radius 2 is 1.53 bits per heavy atom. The van der Waals surface area contributed by atoms with E-state index in [1.54, 1.807) is 0 Å². The van der Waals surface area contributed by atoms with E-state index in [0.717, 1.165) is 16.8 Å². The zero-order chi connectivity index (χ0) is 10.8. The van der Waals surface area contributed by atoms with Gasteiger partial charge in [0.1, 0.15) is 0 Å². The van der Waals surface area contributed by atoms with Gasteiger partial charge in [-0.2, -0.15) is 0 Å². The molecule has 0 aliphatic carbocycles. The zero-order valence-corrected chi connectivity index (χ0v) is 9.12. The molecule has 0 atom stereocenters. The average Bonchev–Trinajstić information content (AvgIpc) is 2.24. The number of aryl methyl sites for hydroxylation is 2. The Bertz CT molecular complexity index is 469. The van der Waals surface area contributed by atoms with Crippen molar-refractivity contribution in [2.75, 3.05) is 5.73 Å². The molecule has 1 heteroatoms. The number of nitrogens with two attached hydrogens (primary N) is 1. The van der Waals surface area contributed by atoms with E-state index in [0.29, 0.717) is 0 Å². The molecule has 0 spiro atoms. The summed E-state index contributed by atoms with van der Waals surface area (Å²) in [4.78, 5) is 0. The van der Waals surface area contributed by atoms with Gasteiger partial charge in [-0.25, -0.2) is 0 Å². The third kappa shape index (κ3) is 1.86. The number of benzene rings is 2. The molecule has 0 aromatic heterocycles. The SMILES string of the molecule is Cc1ccc(-c2cccc(C)c2N)cc1. The van der Waals surface area contributed by atoms with Crippen LogP contribution in [-0.2, 0) is 0 Å². The summed E-state index contributed by atoms with van der Waals surface area (Å²) < 4.78 is 0. The molecule has 2 N–H and O–H groups in total. The van der Waals surface area contributed by atoms with Crippen LogP contribution in [-0.4, -0.2) is 0 Å². The molecule has 0 aliphatic heterocycles. The highest BCUT2D eigenvalue weighted by atomic mass is 14.6. The first kappa shape index (κ1) is 9.78. The largest absolute Gasteiger partial charge is 0.398 e. The third-order valence-electron chi connectivity index (χ3n) is 2.69. The van der Waals surface area contributed by atoms with Gasteiger partial charge in [0.2, 0.25) is 0 Å². The Morgan fingerprint density at radius 1 is 0.867 bits per heavy atom. The summed E-state index contributed by atoms with van der Waals surface area (Å²) in [5.74, 6) is 0. The lowest BCUT2D eigenvalue weighted by molar-refractivity contribution is 1.44. The fraction of sp³-hybridized carbons (Fsp3) is 0.143. The topological polar surface area (TPSA) is 26.0 Å². The molecule has 0 saturated heterocycles. The van der Waals surface area contributed by atoms with Gasteiger partial charge in [-0.05, 0) is 25.0 Å². The Labute approximate surface area is 90.6 Å². The van der Waals surface area contributed by atoms with Crippen molar-refractivity contribution in [1.29, 1.82) is 0 Å². The van der Waals surface area contributed by atoms with E-state index in [9.17, 15) is 0 Å². The van der Waals surface area contributed by atoms with E-state index >= 15 is 0 Å². The second-order valence-corrected chi connectivity index (χ2v) is 3.90. The molecule has 0 aliphatic rings. The average molecular weight is 197 g/mol. The second-order valence-electron chi connectivity index (χ2n) is 3.90. The van der Waals surface area contributed by atoms with Gasteiger partial charge < -0.3 is 5.73 Å². The minimum atomic E-state index is 0.876. The smallest absolute Gasteiger partial charge is 0.0423 e. The van der Waals surface area contributed by atoms with Crippen LogP contribution >= 0.6 is 0 Å². The molecule has 0 radical (unpaired) electrons. The van der Waals surface area contributed by atoms with E-state index in [1.165, 1.54) is 11.1 Å². The molecule has 0 fully saturated rings. The van der Waals surface area contributed by atoms with Gasteiger partial charge in [0.05, 0.1) is 0 Å². The zero-order valence-electron chi connectivity index (χ0n) is 9.12. The third-order valence-corrected chi connectivity index (χ3v) is 2.69. The quantitative estimate of drug-likeness (QED) is 0.695. The second kappa shape index (κ2) is 3.77. The van der Waals surface area contributed by atoms with E-state index in [2.05, 4.69) is 37.3 Å². The van der Waals surface area contributed by atoms with E-state index < -0.39 is 0 Å². The van der Waals surface area contributed by atoms with Crippen LogP contribution in [0.4, 0.5) is 5.69 Å². The Hall–Kier alpha value is -1.76. The minimum Gasteiger partial charge on any atom is -0.398 e. The van der Waals surface area contributed by atoms with Crippen LogP contribution < -0.4 is 5.73 Å². The van der Waals surface area contributed by atoms with E-state index in [1.807, 2.05) is 19.1 Å². The lowest BCUT2D eigenvalue weighted by Gasteiger charge is -2.08. The Kier molecular flexibility index (Phi) is 2.46. The van der Waals surface area contributed by atoms with Crippen LogP contribution in [0.3, 0.4) is 0 Å². The van der Waals surface area contributed by atoms with Gasteiger partial charge >= 0.3 is 0 Å². The molecule has 0 amide bonds. The first-order chi connectivity index (χ1) is 7.18. The number of para-hydroxylation sites is 1. The number of anilines is 1. The molecule has 0 heterocycles. The van der Waals surface area contributed by atoms with E-state index in [-0.39, 0.29) is 0 Å². The van der Waals surface area contributed by atoms with Crippen molar-refractivity contribution in [3.05, 3.63) is 53.6 Å². The Morgan fingerprint density at radius 3 is 2.20 bits per heavy atom.